The molecule has 0 saturated heterocycles. The predicted octanol–water partition coefficient (Wildman–Crippen LogP) is 3.02. The highest BCUT2D eigenvalue weighted by Crippen LogP contribution is 2.09. The number of rotatable bonds is 4. The summed E-state index contributed by atoms with van der Waals surface area (Å²) in [6, 6.07) is 11.3. The van der Waals surface area contributed by atoms with Gasteiger partial charge in [0, 0.05) is 17.8 Å². The normalized spacial score (nSPS) is 10.2. The van der Waals surface area contributed by atoms with Crippen molar-refractivity contribution in [3.8, 4) is 0 Å². The molecule has 1 N–H and O–H groups in total. The summed E-state index contributed by atoms with van der Waals surface area (Å²) < 4.78 is 0. The first-order valence-corrected chi connectivity index (χ1v) is 6.48. The second-order valence-corrected chi connectivity index (χ2v) is 4.79. The lowest BCUT2D eigenvalue weighted by atomic mass is 10.1. The van der Waals surface area contributed by atoms with Crippen LogP contribution in [0.4, 0.5) is 0 Å². The van der Waals surface area contributed by atoms with E-state index in [-0.39, 0.29) is 5.91 Å². The van der Waals surface area contributed by atoms with Crippen LogP contribution in [0.15, 0.2) is 42.6 Å². The molecule has 4 heteroatoms. The fraction of sp³-hybridized carbons (Fsp3) is 0.200. The van der Waals surface area contributed by atoms with Crippen LogP contribution in [-0.2, 0) is 6.42 Å². The Hall–Kier alpha value is -1.87. The van der Waals surface area contributed by atoms with Gasteiger partial charge in [-0.1, -0.05) is 23.7 Å². The highest BCUT2D eigenvalue weighted by Gasteiger charge is 2.06. The van der Waals surface area contributed by atoms with Crippen LogP contribution in [0.1, 0.15) is 21.6 Å². The molecule has 0 radical (unpaired) electrons. The summed E-state index contributed by atoms with van der Waals surface area (Å²) in [7, 11) is 0. The number of pyridine rings is 1. The van der Waals surface area contributed by atoms with Crippen molar-refractivity contribution in [3.63, 3.8) is 0 Å². The van der Waals surface area contributed by atoms with E-state index in [1.54, 1.807) is 12.3 Å². The fourth-order valence-corrected chi connectivity index (χ4v) is 1.85. The summed E-state index contributed by atoms with van der Waals surface area (Å²) in [4.78, 5) is 15.9. The number of carbonyl (C=O) groups excluding carboxylic acids is 1. The van der Waals surface area contributed by atoms with Crippen LogP contribution in [-0.4, -0.2) is 17.4 Å². The van der Waals surface area contributed by atoms with Crippen molar-refractivity contribution >= 4 is 17.5 Å². The summed E-state index contributed by atoms with van der Waals surface area (Å²) in [6.45, 7) is 2.52. The number of aromatic nitrogens is 1. The summed E-state index contributed by atoms with van der Waals surface area (Å²) in [5.41, 5.74) is 2.62. The number of nitrogens with zero attached hydrogens (tertiary/aromatic N) is 1. The largest absolute Gasteiger partial charge is 0.350 e. The zero-order chi connectivity index (χ0) is 13.7. The van der Waals surface area contributed by atoms with Gasteiger partial charge in [0.2, 0.25) is 0 Å². The molecule has 0 saturated carbocycles. The number of carbonyl (C=O) groups is 1. The third-order valence-electron chi connectivity index (χ3n) is 2.76. The summed E-state index contributed by atoms with van der Waals surface area (Å²) in [6.07, 6.45) is 2.41. The standard InChI is InChI=1S/C15H15ClN2O/c1-11-6-8-17-14(10-11)15(19)18-9-7-12-2-4-13(16)5-3-12/h2-6,8,10H,7,9H2,1H3,(H,18,19). The smallest absolute Gasteiger partial charge is 0.269 e. The van der Waals surface area contributed by atoms with Gasteiger partial charge >= 0.3 is 0 Å². The van der Waals surface area contributed by atoms with Crippen molar-refractivity contribution in [1.82, 2.24) is 10.3 Å². The Morgan fingerprint density at radius 1 is 1.26 bits per heavy atom. The van der Waals surface area contributed by atoms with E-state index in [1.807, 2.05) is 37.3 Å². The minimum atomic E-state index is -0.141. The molecular formula is C15H15ClN2O. The molecular weight excluding hydrogens is 260 g/mol. The molecule has 1 aromatic heterocycles. The van der Waals surface area contributed by atoms with Gasteiger partial charge in [0.25, 0.3) is 5.91 Å². The van der Waals surface area contributed by atoms with Crippen molar-refractivity contribution in [3.05, 3.63) is 64.4 Å². The van der Waals surface area contributed by atoms with E-state index in [9.17, 15) is 4.79 Å². The number of benzene rings is 1. The average Bonchev–Trinajstić information content (AvgIpc) is 2.41. The van der Waals surface area contributed by atoms with Crippen molar-refractivity contribution in [2.45, 2.75) is 13.3 Å². The van der Waals surface area contributed by atoms with Crippen LogP contribution in [0.3, 0.4) is 0 Å². The maximum Gasteiger partial charge on any atom is 0.269 e. The maximum absolute atomic E-state index is 11.8. The van der Waals surface area contributed by atoms with Gasteiger partial charge in [-0.25, -0.2) is 0 Å². The zero-order valence-corrected chi connectivity index (χ0v) is 11.4. The van der Waals surface area contributed by atoms with Crippen LogP contribution < -0.4 is 5.32 Å². The summed E-state index contributed by atoms with van der Waals surface area (Å²) in [5.74, 6) is -0.141. The molecule has 0 spiro atoms. The lowest BCUT2D eigenvalue weighted by molar-refractivity contribution is 0.0949. The molecule has 0 fully saturated rings. The quantitative estimate of drug-likeness (QED) is 0.931. The van der Waals surface area contributed by atoms with E-state index < -0.39 is 0 Å². The third kappa shape index (κ3) is 4.07. The lowest BCUT2D eigenvalue weighted by Gasteiger charge is -2.05. The van der Waals surface area contributed by atoms with Gasteiger partial charge in [0.15, 0.2) is 0 Å². The van der Waals surface area contributed by atoms with E-state index in [0.717, 1.165) is 22.6 Å². The first-order chi connectivity index (χ1) is 9.15. The van der Waals surface area contributed by atoms with Crippen molar-refractivity contribution in [2.75, 3.05) is 6.54 Å². The molecule has 19 heavy (non-hydrogen) atoms. The van der Waals surface area contributed by atoms with E-state index in [4.69, 9.17) is 11.6 Å². The summed E-state index contributed by atoms with van der Waals surface area (Å²) >= 11 is 5.81. The van der Waals surface area contributed by atoms with Crippen LogP contribution in [0.2, 0.25) is 5.02 Å². The molecule has 0 aliphatic rings. The van der Waals surface area contributed by atoms with E-state index in [0.29, 0.717) is 12.2 Å². The van der Waals surface area contributed by atoms with Gasteiger partial charge in [-0.05, 0) is 48.7 Å². The second-order valence-electron chi connectivity index (χ2n) is 4.35. The molecule has 2 rings (SSSR count). The van der Waals surface area contributed by atoms with Gasteiger partial charge in [-0.2, -0.15) is 0 Å². The summed E-state index contributed by atoms with van der Waals surface area (Å²) in [5, 5.41) is 3.57. The lowest BCUT2D eigenvalue weighted by Crippen LogP contribution is -2.26. The van der Waals surface area contributed by atoms with Crippen LogP contribution in [0.25, 0.3) is 0 Å². The van der Waals surface area contributed by atoms with Crippen LogP contribution in [0, 0.1) is 6.92 Å². The zero-order valence-electron chi connectivity index (χ0n) is 10.7. The van der Waals surface area contributed by atoms with Gasteiger partial charge in [0.05, 0.1) is 0 Å². The first kappa shape index (κ1) is 13.6. The number of hydrogen-bond acceptors (Lipinski definition) is 2. The Labute approximate surface area is 117 Å². The molecule has 1 heterocycles. The Bertz CT molecular complexity index is 567. The maximum atomic E-state index is 11.8. The molecule has 98 valence electrons. The molecule has 1 aromatic carbocycles. The molecule has 1 amide bonds. The molecule has 3 nitrogen and oxygen atoms in total. The van der Waals surface area contributed by atoms with Gasteiger partial charge < -0.3 is 5.32 Å². The Morgan fingerprint density at radius 3 is 2.68 bits per heavy atom. The number of hydrogen-bond donors (Lipinski definition) is 1. The van der Waals surface area contributed by atoms with Crippen molar-refractivity contribution < 1.29 is 4.79 Å². The van der Waals surface area contributed by atoms with E-state index in [1.165, 1.54) is 0 Å². The van der Waals surface area contributed by atoms with Gasteiger partial charge in [-0.3, -0.25) is 9.78 Å². The van der Waals surface area contributed by atoms with E-state index in [2.05, 4.69) is 10.3 Å². The molecule has 0 bridgehead atoms. The highest BCUT2D eigenvalue weighted by molar-refractivity contribution is 6.30. The number of aryl methyl sites for hydroxylation is 1. The molecule has 0 unspecified atom stereocenters. The molecule has 2 aromatic rings. The molecule has 0 atom stereocenters. The Morgan fingerprint density at radius 2 is 2.00 bits per heavy atom. The van der Waals surface area contributed by atoms with Gasteiger partial charge in [-0.15, -0.1) is 0 Å². The van der Waals surface area contributed by atoms with Crippen LogP contribution >= 0.6 is 11.6 Å². The number of nitrogens with one attached hydrogen (secondary N) is 1. The molecule has 0 aliphatic carbocycles. The van der Waals surface area contributed by atoms with Gasteiger partial charge in [0.1, 0.15) is 5.69 Å². The Balaban J connectivity index is 1.86. The highest BCUT2D eigenvalue weighted by atomic mass is 35.5. The molecule has 0 aliphatic heterocycles. The van der Waals surface area contributed by atoms with Crippen molar-refractivity contribution in [1.29, 1.82) is 0 Å². The average molecular weight is 275 g/mol. The topological polar surface area (TPSA) is 42.0 Å². The predicted molar refractivity (Wildman–Crippen MR) is 76.5 cm³/mol. The van der Waals surface area contributed by atoms with E-state index >= 15 is 0 Å². The first-order valence-electron chi connectivity index (χ1n) is 6.10. The minimum absolute atomic E-state index is 0.141. The number of halogens is 1. The minimum Gasteiger partial charge on any atom is -0.350 e. The fourth-order valence-electron chi connectivity index (χ4n) is 1.72. The SMILES string of the molecule is Cc1ccnc(C(=O)NCCc2ccc(Cl)cc2)c1. The monoisotopic (exact) mass is 274 g/mol. The van der Waals surface area contributed by atoms with Crippen molar-refractivity contribution in [2.24, 2.45) is 0 Å². The Kier molecular flexibility index (Phi) is 4.53. The number of amides is 1. The third-order valence-corrected chi connectivity index (χ3v) is 3.01. The van der Waals surface area contributed by atoms with Crippen LogP contribution in [0.5, 0.6) is 0 Å². The second kappa shape index (κ2) is 6.34.